The van der Waals surface area contributed by atoms with Gasteiger partial charge in [-0.1, -0.05) is 180 Å². The lowest BCUT2D eigenvalue weighted by molar-refractivity contribution is -0.177. The second kappa shape index (κ2) is 96.0. The molecular formula is C65H118BrCl3N4O27S14. The summed E-state index contributed by atoms with van der Waals surface area (Å²) in [5.74, 6) is 6.96. The first kappa shape index (κ1) is 126. The van der Waals surface area contributed by atoms with Gasteiger partial charge in [0.15, 0.2) is 0 Å². The Balaban J connectivity index is -0.000000239. The summed E-state index contributed by atoms with van der Waals surface area (Å²) in [4.78, 5) is 152. The van der Waals surface area contributed by atoms with Gasteiger partial charge in [0, 0.05) is 155 Å². The van der Waals surface area contributed by atoms with E-state index >= 15 is 0 Å². The van der Waals surface area contributed by atoms with Gasteiger partial charge in [-0.3, -0.25) is 48.0 Å². The summed E-state index contributed by atoms with van der Waals surface area (Å²) in [5, 5.41) is 18.3. The normalized spacial score (nSPS) is 11.0. The van der Waals surface area contributed by atoms with Crippen LogP contribution in [0.5, 0.6) is 0 Å². The maximum Gasteiger partial charge on any atom is 0.533 e. The second-order valence-electron chi connectivity index (χ2n) is 22.1. The molecule has 0 atom stereocenters. The SMILES string of the molecule is C.CC(=O)OCCSSCCOC(=O)CCCN(C)C.CC(C)(C)OC(=O)CCCSSCCOC(=O)Cl.CN(C)CCCC(=O)OCCSSCCO.CN(C)CCCC(=O)OCCSSCCOC(=O)ON1C(=O)CCC1=O.COC(=O)CSSCCO.COC(=O)CSSCCOC(=O)Cl.O=C(Cl)OCCSSCCBr. The molecule has 672 valence electrons. The van der Waals surface area contributed by atoms with E-state index < -0.39 is 39.9 Å². The molecule has 0 radical (unpaired) electrons. The fourth-order valence-corrected chi connectivity index (χ4v) is 18.8. The molecule has 0 aliphatic carbocycles. The van der Waals surface area contributed by atoms with E-state index in [4.69, 9.17) is 73.4 Å². The van der Waals surface area contributed by atoms with Gasteiger partial charge in [0.1, 0.15) is 70.0 Å². The first-order valence-electron chi connectivity index (χ1n) is 34.2. The van der Waals surface area contributed by atoms with Crippen molar-refractivity contribution in [2.24, 2.45) is 0 Å². The number of aliphatic hydroxyl groups excluding tert-OH is 2. The van der Waals surface area contributed by atoms with E-state index in [0.29, 0.717) is 105 Å². The number of carbonyl (C=O) groups is 13. The number of halogens is 4. The third-order valence-corrected chi connectivity index (χ3v) is 27.9. The van der Waals surface area contributed by atoms with Crippen LogP contribution in [0, 0.1) is 0 Å². The molecule has 0 saturated carbocycles. The van der Waals surface area contributed by atoms with Gasteiger partial charge in [-0.05, 0) is 108 Å². The molecule has 0 spiro atoms. The number of hydrogen-bond acceptors (Lipinski definition) is 44. The zero-order valence-electron chi connectivity index (χ0n) is 66.0. The summed E-state index contributed by atoms with van der Waals surface area (Å²) >= 11 is 18.1. The standard InChI is InChI=1S/C15H24N2O7S2.C12H23NO4S2.C11H19ClO4S2.C10H21NO3S2.C6H9ClO4S2.C5H8BrClO2S2.C5H10O3S2.CH4/c1-16(2)7-3-4-14(20)22-8-10-25-26-11-9-23-15(21)24-17-12(18)5-6-13(17)19;1-11(14)16-7-9-18-19-10-8-17-12(15)5-4-6-13(2)3;1-11(2,3)16-9(13)5-4-7-17-18-8-6-15-10(12)14;1-11(2)5-3-4-10(13)14-7-9-16-15-8-6-12;1-10-5(8)4-13-12-3-2-11-6(7)9;6-1-3-10-11-4-2-9-5(7)8;1-8-5(7)4-10-9-3-2-6;/h3-11H2,1-2H3;4-10H2,1-3H3;4-8H2,1-3H3;12H,3-9H2,1-2H3;2-4H2,1H3;1-4H2;6H,2-4H2,1H3;1H4. The summed E-state index contributed by atoms with van der Waals surface area (Å²) in [7, 11) is 36.2. The molecule has 1 heterocycles. The average Bonchev–Trinajstić information content (AvgIpc) is 1.73. The van der Waals surface area contributed by atoms with Crippen LogP contribution in [0.15, 0.2) is 0 Å². The van der Waals surface area contributed by atoms with E-state index in [0.717, 1.165) is 90.9 Å². The third kappa shape index (κ3) is 117. The summed E-state index contributed by atoms with van der Waals surface area (Å²) in [6.45, 7) is 12.7. The molecule has 0 aromatic carbocycles. The van der Waals surface area contributed by atoms with Crippen molar-refractivity contribution in [2.45, 2.75) is 105 Å². The average molecular weight is 2020 g/mol. The van der Waals surface area contributed by atoms with E-state index in [-0.39, 0.29) is 94.2 Å². The van der Waals surface area contributed by atoms with Crippen LogP contribution in [0.3, 0.4) is 0 Å². The summed E-state index contributed by atoms with van der Waals surface area (Å²) in [5.41, 5.74) is -2.72. The highest BCUT2D eigenvalue weighted by Crippen LogP contribution is 2.26. The zero-order valence-corrected chi connectivity index (χ0v) is 81.3. The highest BCUT2D eigenvalue weighted by Gasteiger charge is 2.33. The Kier molecular flexibility index (Phi) is 106. The fourth-order valence-electron chi connectivity index (χ4n) is 5.79. The first-order valence-corrected chi connectivity index (χ1v) is 53.9. The molecule has 1 saturated heterocycles. The molecule has 0 aromatic rings. The van der Waals surface area contributed by atoms with Crippen LogP contribution < -0.4 is 0 Å². The van der Waals surface area contributed by atoms with Crippen LogP contribution in [0.2, 0.25) is 0 Å². The number of carbonyl (C=O) groups excluding carboxylic acids is 13. The molecule has 1 fully saturated rings. The summed E-state index contributed by atoms with van der Waals surface area (Å²) in [6.07, 6.45) is 4.04. The van der Waals surface area contributed by atoms with E-state index in [1.165, 1.54) is 85.9 Å². The smallest absolute Gasteiger partial charge is 0.468 e. The van der Waals surface area contributed by atoms with E-state index in [2.05, 4.69) is 49.4 Å². The lowest BCUT2D eigenvalue weighted by Gasteiger charge is -2.19. The number of esters is 7. The molecule has 0 unspecified atom stereocenters. The molecular weight excluding hydrogens is 1900 g/mol. The Morgan fingerprint density at radius 3 is 0.982 bits per heavy atom. The van der Waals surface area contributed by atoms with Crippen molar-refractivity contribution in [3.8, 4) is 0 Å². The molecule has 49 heteroatoms. The monoisotopic (exact) mass is 2020 g/mol. The minimum Gasteiger partial charge on any atom is -0.468 e. The molecule has 1 rings (SSSR count). The van der Waals surface area contributed by atoms with Gasteiger partial charge in [0.25, 0.3) is 11.8 Å². The van der Waals surface area contributed by atoms with Gasteiger partial charge in [-0.2, -0.15) is 0 Å². The number of hydrogen-bond donors (Lipinski definition) is 2. The number of alkyl halides is 1. The van der Waals surface area contributed by atoms with Crippen LogP contribution in [0.1, 0.15) is 99.3 Å². The minimum absolute atomic E-state index is 0. The van der Waals surface area contributed by atoms with Gasteiger partial charge >= 0.3 is 64.2 Å². The molecule has 114 heavy (non-hydrogen) atoms. The highest BCUT2D eigenvalue weighted by atomic mass is 79.9. The molecule has 2 amide bonds. The number of nitrogens with zero attached hydrogens (tertiary/aromatic N) is 4. The van der Waals surface area contributed by atoms with Crippen molar-refractivity contribution >= 4 is 278 Å². The van der Waals surface area contributed by atoms with Gasteiger partial charge in [-0.25, -0.2) is 19.2 Å². The fraction of sp³-hybridized carbons (Fsp3) is 0.800. The van der Waals surface area contributed by atoms with Crippen molar-refractivity contribution in [3.63, 3.8) is 0 Å². The van der Waals surface area contributed by atoms with Crippen LogP contribution in [-0.2, 0) is 100 Å². The largest absolute Gasteiger partial charge is 0.533 e. The van der Waals surface area contributed by atoms with Crippen LogP contribution in [0.25, 0.3) is 0 Å². The number of methoxy groups -OCH3 is 2. The van der Waals surface area contributed by atoms with Crippen molar-refractivity contribution < 1.29 is 129 Å². The predicted octanol–water partition coefficient (Wildman–Crippen LogP) is 14.6. The lowest BCUT2D eigenvalue weighted by Crippen LogP contribution is -2.32. The number of amides is 2. The summed E-state index contributed by atoms with van der Waals surface area (Å²) in [6, 6.07) is 0. The molecule has 2 N–H and O–H groups in total. The van der Waals surface area contributed by atoms with Crippen molar-refractivity contribution in [1.29, 1.82) is 0 Å². The van der Waals surface area contributed by atoms with Gasteiger partial charge < -0.3 is 77.0 Å². The number of hydroxylamine groups is 2. The maximum absolute atomic E-state index is 11.4. The number of aliphatic hydroxyl groups is 2. The zero-order chi connectivity index (χ0) is 86.6. The highest BCUT2D eigenvalue weighted by molar-refractivity contribution is 9.09. The van der Waals surface area contributed by atoms with Gasteiger partial charge in [-0.15, -0.1) is 0 Å². The molecule has 0 aromatic heterocycles. The Bertz CT molecular complexity index is 2450. The molecule has 31 nitrogen and oxygen atoms in total. The predicted molar refractivity (Wildman–Crippen MR) is 486 cm³/mol. The van der Waals surface area contributed by atoms with Crippen molar-refractivity contribution in [1.82, 2.24) is 19.8 Å². The minimum atomic E-state index is -1.08. The Hall–Kier alpha value is -0.840. The van der Waals surface area contributed by atoms with Crippen LogP contribution >= 0.6 is 202 Å². The van der Waals surface area contributed by atoms with Crippen LogP contribution in [0.4, 0.5) is 19.2 Å². The van der Waals surface area contributed by atoms with Gasteiger partial charge in [0.05, 0.1) is 27.4 Å². The molecule has 1 aliphatic heterocycles. The van der Waals surface area contributed by atoms with Gasteiger partial charge in [0.2, 0.25) is 0 Å². The van der Waals surface area contributed by atoms with Crippen molar-refractivity contribution in [3.05, 3.63) is 0 Å². The Morgan fingerprint density at radius 1 is 0.404 bits per heavy atom. The topological polar surface area (TPSA) is 386 Å². The summed E-state index contributed by atoms with van der Waals surface area (Å²) < 4.78 is 52.3. The number of ether oxygens (including phenoxy) is 11. The van der Waals surface area contributed by atoms with E-state index in [1.807, 2.05) is 72.9 Å². The Morgan fingerprint density at radius 2 is 0.684 bits per heavy atom. The van der Waals surface area contributed by atoms with E-state index in [1.54, 1.807) is 86.4 Å². The maximum atomic E-state index is 11.4. The second-order valence-corrected chi connectivity index (χ2v) is 42.5. The van der Waals surface area contributed by atoms with Crippen LogP contribution in [-0.4, -0.2) is 340 Å². The Labute approximate surface area is 752 Å². The molecule has 1 aliphatic rings. The van der Waals surface area contributed by atoms with E-state index in [9.17, 15) is 62.3 Å². The third-order valence-electron chi connectivity index (χ3n) is 10.4. The van der Waals surface area contributed by atoms with Crippen molar-refractivity contribution in [2.75, 3.05) is 228 Å². The number of rotatable bonds is 58. The number of imide groups is 1. The molecule has 0 bridgehead atoms. The first-order chi connectivity index (χ1) is 53.6. The lowest BCUT2D eigenvalue weighted by atomic mass is 10.2. The quantitative estimate of drug-likeness (QED) is 0.0109.